The van der Waals surface area contributed by atoms with Crippen molar-refractivity contribution in [3.05, 3.63) is 22.7 Å². The Morgan fingerprint density at radius 3 is 2.94 bits per heavy atom. The molecule has 1 N–H and O–H groups in total. The summed E-state index contributed by atoms with van der Waals surface area (Å²) < 4.78 is 2.34. The highest BCUT2D eigenvalue weighted by atomic mass is 79.9. The van der Waals surface area contributed by atoms with Gasteiger partial charge in [-0.3, -0.25) is 0 Å². The number of benzene rings is 1. The molecule has 0 radical (unpaired) electrons. The molecule has 0 bridgehead atoms. The first-order chi connectivity index (χ1) is 8.21. The predicted molar refractivity (Wildman–Crippen MR) is 77.8 cm³/mol. The highest BCUT2D eigenvalue weighted by molar-refractivity contribution is 9.10. The number of fused-ring (bicyclic) bond motifs is 1. The molecule has 1 fully saturated rings. The fourth-order valence-corrected chi connectivity index (χ4v) is 3.67. The molecule has 1 saturated carbocycles. The van der Waals surface area contributed by atoms with Gasteiger partial charge < -0.3 is 5.32 Å². The quantitative estimate of drug-likeness (QED) is 0.880. The Balaban J connectivity index is 1.90. The lowest BCUT2D eigenvalue weighted by atomic mass is 9.75. The molecule has 2 aromatic rings. The molecule has 4 heteroatoms. The largest absolute Gasteiger partial charge is 0.356 e. The number of nitrogens with one attached hydrogen (secondary N) is 1. The van der Waals surface area contributed by atoms with Gasteiger partial charge in [0.2, 0.25) is 0 Å². The minimum Gasteiger partial charge on any atom is -0.356 e. The molecule has 90 valence electrons. The van der Waals surface area contributed by atoms with Crippen LogP contribution in [0.4, 0.5) is 5.13 Å². The maximum Gasteiger partial charge on any atom is 0.184 e. The van der Waals surface area contributed by atoms with Gasteiger partial charge in [0.05, 0.1) is 10.2 Å². The van der Waals surface area contributed by atoms with Gasteiger partial charge >= 0.3 is 0 Å². The Bertz CT molecular complexity index is 540. The summed E-state index contributed by atoms with van der Waals surface area (Å²) in [6, 6.07) is 6.28. The Morgan fingerprint density at radius 2 is 2.29 bits per heavy atom. The van der Waals surface area contributed by atoms with Crippen molar-refractivity contribution in [1.29, 1.82) is 0 Å². The second kappa shape index (κ2) is 4.25. The SMILES string of the molecule is CCC1(Nc2nc3cc(Br)ccc3s2)CCC1. The molecule has 3 rings (SSSR count). The molecule has 1 aliphatic carbocycles. The van der Waals surface area contributed by atoms with Crippen LogP contribution in [-0.4, -0.2) is 10.5 Å². The third-order valence-corrected chi connectivity index (χ3v) is 5.15. The number of nitrogens with zero attached hydrogens (tertiary/aromatic N) is 1. The van der Waals surface area contributed by atoms with Crippen LogP contribution in [0, 0.1) is 0 Å². The van der Waals surface area contributed by atoms with Crippen LogP contribution in [0.25, 0.3) is 10.2 Å². The van der Waals surface area contributed by atoms with Gasteiger partial charge in [-0.2, -0.15) is 0 Å². The van der Waals surface area contributed by atoms with Crippen molar-refractivity contribution in [2.45, 2.75) is 38.1 Å². The molecule has 0 amide bonds. The van der Waals surface area contributed by atoms with E-state index < -0.39 is 0 Å². The zero-order chi connectivity index (χ0) is 11.9. The van der Waals surface area contributed by atoms with Gasteiger partial charge in [-0.1, -0.05) is 34.2 Å². The second-order valence-corrected chi connectivity index (χ2v) is 6.69. The average molecular weight is 311 g/mol. The van der Waals surface area contributed by atoms with Crippen molar-refractivity contribution in [2.24, 2.45) is 0 Å². The summed E-state index contributed by atoms with van der Waals surface area (Å²) in [6.45, 7) is 2.26. The zero-order valence-electron chi connectivity index (χ0n) is 9.79. The molecule has 1 aromatic carbocycles. The van der Waals surface area contributed by atoms with E-state index in [1.165, 1.54) is 30.4 Å². The molecule has 0 spiro atoms. The maximum atomic E-state index is 4.67. The predicted octanol–water partition coefficient (Wildman–Crippen LogP) is 4.80. The highest BCUT2D eigenvalue weighted by Crippen LogP contribution is 2.39. The molecular weight excluding hydrogens is 296 g/mol. The lowest BCUT2D eigenvalue weighted by molar-refractivity contribution is 0.269. The first-order valence-electron chi connectivity index (χ1n) is 6.05. The van der Waals surface area contributed by atoms with Crippen LogP contribution in [0.5, 0.6) is 0 Å². The van der Waals surface area contributed by atoms with Gasteiger partial charge in [-0.05, 0) is 43.9 Å². The van der Waals surface area contributed by atoms with Crippen molar-refractivity contribution >= 4 is 42.6 Å². The van der Waals surface area contributed by atoms with Crippen molar-refractivity contribution in [1.82, 2.24) is 4.98 Å². The molecule has 1 heterocycles. The monoisotopic (exact) mass is 310 g/mol. The number of rotatable bonds is 3. The van der Waals surface area contributed by atoms with Gasteiger partial charge in [0, 0.05) is 10.0 Å². The van der Waals surface area contributed by atoms with Crippen LogP contribution in [-0.2, 0) is 0 Å². The second-order valence-electron chi connectivity index (χ2n) is 4.74. The number of anilines is 1. The molecule has 0 atom stereocenters. The smallest absolute Gasteiger partial charge is 0.184 e. The molecule has 17 heavy (non-hydrogen) atoms. The van der Waals surface area contributed by atoms with E-state index in [1.807, 2.05) is 0 Å². The molecule has 0 unspecified atom stereocenters. The number of halogens is 1. The number of aromatic nitrogens is 1. The molecular formula is C13H15BrN2S. The summed E-state index contributed by atoms with van der Waals surface area (Å²) in [6.07, 6.45) is 5.09. The van der Waals surface area contributed by atoms with Crippen molar-refractivity contribution in [2.75, 3.05) is 5.32 Å². The van der Waals surface area contributed by atoms with Gasteiger partial charge in [0.15, 0.2) is 5.13 Å². The van der Waals surface area contributed by atoms with Crippen molar-refractivity contribution < 1.29 is 0 Å². The molecule has 1 aromatic heterocycles. The Morgan fingerprint density at radius 1 is 1.47 bits per heavy atom. The van der Waals surface area contributed by atoms with E-state index in [1.54, 1.807) is 11.3 Å². The van der Waals surface area contributed by atoms with E-state index >= 15 is 0 Å². The third-order valence-electron chi connectivity index (χ3n) is 3.71. The average Bonchev–Trinajstić information content (AvgIpc) is 2.65. The van der Waals surface area contributed by atoms with E-state index in [9.17, 15) is 0 Å². The van der Waals surface area contributed by atoms with E-state index in [0.717, 1.165) is 15.1 Å². The Labute approximate surface area is 114 Å². The van der Waals surface area contributed by atoms with Crippen LogP contribution in [0.3, 0.4) is 0 Å². The fraction of sp³-hybridized carbons (Fsp3) is 0.462. The van der Waals surface area contributed by atoms with Crippen LogP contribution in [0.15, 0.2) is 22.7 Å². The fourth-order valence-electron chi connectivity index (χ4n) is 2.35. The first-order valence-corrected chi connectivity index (χ1v) is 7.66. The summed E-state index contributed by atoms with van der Waals surface area (Å²) in [5.74, 6) is 0. The van der Waals surface area contributed by atoms with E-state index in [4.69, 9.17) is 0 Å². The lowest BCUT2D eigenvalue weighted by Crippen LogP contribution is -2.44. The summed E-state index contributed by atoms with van der Waals surface area (Å²) in [5, 5.41) is 4.71. The third kappa shape index (κ3) is 2.08. The molecule has 2 nitrogen and oxygen atoms in total. The summed E-state index contributed by atoms with van der Waals surface area (Å²) >= 11 is 5.24. The topological polar surface area (TPSA) is 24.9 Å². The number of hydrogen-bond acceptors (Lipinski definition) is 3. The van der Waals surface area contributed by atoms with Crippen molar-refractivity contribution in [3.8, 4) is 0 Å². The van der Waals surface area contributed by atoms with E-state index in [2.05, 4.69) is 51.4 Å². The molecule has 0 aliphatic heterocycles. The van der Waals surface area contributed by atoms with Gasteiger partial charge in [-0.25, -0.2) is 4.98 Å². The van der Waals surface area contributed by atoms with Crippen molar-refractivity contribution in [3.63, 3.8) is 0 Å². The van der Waals surface area contributed by atoms with Gasteiger partial charge in [0.1, 0.15) is 0 Å². The van der Waals surface area contributed by atoms with Gasteiger partial charge in [0.25, 0.3) is 0 Å². The van der Waals surface area contributed by atoms with Crippen LogP contribution in [0.2, 0.25) is 0 Å². The van der Waals surface area contributed by atoms with Gasteiger partial charge in [-0.15, -0.1) is 0 Å². The summed E-state index contributed by atoms with van der Waals surface area (Å²) in [4.78, 5) is 4.67. The number of thiazole rings is 1. The number of hydrogen-bond donors (Lipinski definition) is 1. The van der Waals surface area contributed by atoms with Crippen LogP contribution in [0.1, 0.15) is 32.6 Å². The minimum absolute atomic E-state index is 0.325. The molecule has 1 aliphatic rings. The Kier molecular flexibility index (Phi) is 2.87. The van der Waals surface area contributed by atoms with Crippen LogP contribution >= 0.6 is 27.3 Å². The normalized spacial score (nSPS) is 18.0. The standard InChI is InChI=1S/C13H15BrN2S/c1-2-13(6-3-7-13)16-12-15-10-8-9(14)4-5-11(10)17-12/h4-5,8H,2-3,6-7H2,1H3,(H,15,16). The van der Waals surface area contributed by atoms with Crippen LogP contribution < -0.4 is 5.32 Å². The van der Waals surface area contributed by atoms with E-state index in [-0.39, 0.29) is 0 Å². The summed E-state index contributed by atoms with van der Waals surface area (Å²) in [5.41, 5.74) is 1.41. The first kappa shape index (κ1) is 11.5. The summed E-state index contributed by atoms with van der Waals surface area (Å²) in [7, 11) is 0. The highest BCUT2D eigenvalue weighted by Gasteiger charge is 2.35. The molecule has 0 saturated heterocycles. The zero-order valence-corrected chi connectivity index (χ0v) is 12.2. The Hall–Kier alpha value is -0.610. The van der Waals surface area contributed by atoms with E-state index in [0.29, 0.717) is 5.54 Å². The maximum absolute atomic E-state index is 4.67. The lowest BCUT2D eigenvalue weighted by Gasteiger charge is -2.41. The minimum atomic E-state index is 0.325.